The van der Waals surface area contributed by atoms with Crippen LogP contribution in [0.3, 0.4) is 0 Å². The number of methoxy groups -OCH3 is 1. The summed E-state index contributed by atoms with van der Waals surface area (Å²) < 4.78 is 10.9. The van der Waals surface area contributed by atoms with E-state index in [-0.39, 0.29) is 6.10 Å². The van der Waals surface area contributed by atoms with Crippen LogP contribution < -0.4 is 5.73 Å². The largest absolute Gasteiger partial charge is 0.390 e. The van der Waals surface area contributed by atoms with E-state index in [2.05, 4.69) is 32.6 Å². The Kier molecular flexibility index (Phi) is 9.05. The Morgan fingerprint density at radius 2 is 2.00 bits per heavy atom. The predicted molar refractivity (Wildman–Crippen MR) is 136 cm³/mol. The van der Waals surface area contributed by atoms with Crippen molar-refractivity contribution in [3.05, 3.63) is 35.5 Å². The fraction of sp³-hybridized carbons (Fsp3) is 0.793. The second-order valence-electron chi connectivity index (χ2n) is 11.9. The van der Waals surface area contributed by atoms with Crippen LogP contribution in [0.15, 0.2) is 35.5 Å². The van der Waals surface area contributed by atoms with Crippen LogP contribution in [0.5, 0.6) is 0 Å². The van der Waals surface area contributed by atoms with Crippen LogP contribution in [0, 0.1) is 23.2 Å². The molecular formula is C29H49NO3. The van der Waals surface area contributed by atoms with Gasteiger partial charge in [-0.15, -0.1) is 0 Å². The SMILES string of the molecule is C=C1CCC(OC(N)OC)CC1=CC=C1CCCC2(C)C1CCC2C(C)CCCC(C)(C)O. The quantitative estimate of drug-likeness (QED) is 0.379. The number of fused-ring (bicyclic) bond motifs is 1. The zero-order valence-electron chi connectivity index (χ0n) is 21.9. The number of nitrogens with two attached hydrogens (primary N) is 1. The molecule has 0 aromatic heterocycles. The first kappa shape index (κ1) is 26.7. The lowest BCUT2D eigenvalue weighted by Crippen LogP contribution is -2.36. The molecule has 4 heteroatoms. The van der Waals surface area contributed by atoms with Gasteiger partial charge in [-0.05, 0) is 100 Å². The molecule has 6 unspecified atom stereocenters. The Hall–Kier alpha value is -0.940. The average Bonchev–Trinajstić information content (AvgIpc) is 3.10. The van der Waals surface area contributed by atoms with E-state index < -0.39 is 12.0 Å². The summed E-state index contributed by atoms with van der Waals surface area (Å²) in [5.74, 6) is 2.22. The summed E-state index contributed by atoms with van der Waals surface area (Å²) in [5, 5.41) is 10.1. The maximum absolute atomic E-state index is 10.1. The minimum Gasteiger partial charge on any atom is -0.390 e. The topological polar surface area (TPSA) is 64.7 Å². The lowest BCUT2D eigenvalue weighted by Gasteiger charge is -2.44. The third kappa shape index (κ3) is 6.81. The van der Waals surface area contributed by atoms with Crippen LogP contribution in [0.2, 0.25) is 0 Å². The van der Waals surface area contributed by atoms with Gasteiger partial charge in [0.2, 0.25) is 6.41 Å². The first-order chi connectivity index (χ1) is 15.5. The molecule has 188 valence electrons. The van der Waals surface area contributed by atoms with E-state index in [1.54, 1.807) is 12.7 Å². The maximum atomic E-state index is 10.1. The molecule has 0 aromatic carbocycles. The molecule has 3 saturated carbocycles. The number of rotatable bonds is 9. The van der Waals surface area contributed by atoms with Crippen molar-refractivity contribution in [1.29, 1.82) is 0 Å². The monoisotopic (exact) mass is 459 g/mol. The molecule has 3 aliphatic rings. The average molecular weight is 460 g/mol. The van der Waals surface area contributed by atoms with Gasteiger partial charge in [-0.25, -0.2) is 0 Å². The van der Waals surface area contributed by atoms with Crippen molar-refractivity contribution in [3.8, 4) is 0 Å². The maximum Gasteiger partial charge on any atom is 0.213 e. The Morgan fingerprint density at radius 3 is 2.70 bits per heavy atom. The van der Waals surface area contributed by atoms with Gasteiger partial charge in [-0.3, -0.25) is 5.73 Å². The summed E-state index contributed by atoms with van der Waals surface area (Å²) >= 11 is 0. The molecule has 3 fully saturated rings. The van der Waals surface area contributed by atoms with Gasteiger partial charge in [0, 0.05) is 7.11 Å². The van der Waals surface area contributed by atoms with E-state index in [1.807, 2.05) is 13.8 Å². The first-order valence-electron chi connectivity index (χ1n) is 13.3. The molecule has 0 spiro atoms. The molecule has 0 saturated heterocycles. The van der Waals surface area contributed by atoms with Crippen molar-refractivity contribution in [1.82, 2.24) is 0 Å². The fourth-order valence-electron chi connectivity index (χ4n) is 7.01. The van der Waals surface area contributed by atoms with Crippen LogP contribution >= 0.6 is 0 Å². The molecule has 0 heterocycles. The predicted octanol–water partition coefficient (Wildman–Crippen LogP) is 6.65. The molecular weight excluding hydrogens is 410 g/mol. The van der Waals surface area contributed by atoms with Gasteiger partial charge in [0.15, 0.2) is 0 Å². The molecule has 0 aliphatic heterocycles. The van der Waals surface area contributed by atoms with Crippen LogP contribution in [0.1, 0.15) is 98.3 Å². The Balaban J connectivity index is 1.67. The summed E-state index contributed by atoms with van der Waals surface area (Å²) in [6, 6.07) is 0. The van der Waals surface area contributed by atoms with E-state index in [0.29, 0.717) is 11.3 Å². The van der Waals surface area contributed by atoms with Crippen molar-refractivity contribution >= 4 is 0 Å². The molecule has 6 atom stereocenters. The Morgan fingerprint density at radius 1 is 1.24 bits per heavy atom. The molecule has 33 heavy (non-hydrogen) atoms. The van der Waals surface area contributed by atoms with Crippen molar-refractivity contribution in [2.45, 2.75) is 116 Å². The molecule has 0 aromatic rings. The summed E-state index contributed by atoms with van der Waals surface area (Å²) in [6.45, 7) is 13.2. The summed E-state index contributed by atoms with van der Waals surface area (Å²) in [7, 11) is 1.58. The van der Waals surface area contributed by atoms with Gasteiger partial charge in [0.05, 0.1) is 11.7 Å². The van der Waals surface area contributed by atoms with Crippen molar-refractivity contribution in [2.75, 3.05) is 7.11 Å². The molecule has 3 rings (SSSR count). The van der Waals surface area contributed by atoms with Crippen molar-refractivity contribution in [2.24, 2.45) is 28.9 Å². The molecule has 3 aliphatic carbocycles. The van der Waals surface area contributed by atoms with Gasteiger partial charge in [0.25, 0.3) is 0 Å². The van der Waals surface area contributed by atoms with Gasteiger partial charge in [-0.2, -0.15) is 0 Å². The van der Waals surface area contributed by atoms with Gasteiger partial charge < -0.3 is 14.6 Å². The van der Waals surface area contributed by atoms with Crippen LogP contribution in [0.4, 0.5) is 0 Å². The Labute approximate surface area is 202 Å². The number of allylic oxidation sites excluding steroid dienone is 4. The highest BCUT2D eigenvalue weighted by Gasteiger charge is 2.50. The van der Waals surface area contributed by atoms with E-state index in [0.717, 1.165) is 43.9 Å². The third-order valence-corrected chi connectivity index (χ3v) is 8.90. The molecule has 3 N–H and O–H groups in total. The second kappa shape index (κ2) is 11.2. The second-order valence-corrected chi connectivity index (χ2v) is 11.9. The highest BCUT2D eigenvalue weighted by molar-refractivity contribution is 5.36. The molecule has 0 bridgehead atoms. The number of hydrogen-bond acceptors (Lipinski definition) is 4. The van der Waals surface area contributed by atoms with E-state index in [4.69, 9.17) is 15.2 Å². The minimum absolute atomic E-state index is 0.104. The number of aliphatic hydroxyl groups is 1. The lowest BCUT2D eigenvalue weighted by atomic mass is 9.60. The number of ether oxygens (including phenoxy) is 2. The summed E-state index contributed by atoms with van der Waals surface area (Å²) in [5.41, 5.74) is 9.89. The summed E-state index contributed by atoms with van der Waals surface area (Å²) in [4.78, 5) is 0. The first-order valence-corrected chi connectivity index (χ1v) is 13.3. The molecule has 0 amide bonds. The number of hydrogen-bond donors (Lipinski definition) is 2. The minimum atomic E-state index is -0.652. The van der Waals surface area contributed by atoms with E-state index in [1.165, 1.54) is 49.7 Å². The van der Waals surface area contributed by atoms with Crippen LogP contribution in [0.25, 0.3) is 0 Å². The van der Waals surface area contributed by atoms with E-state index >= 15 is 0 Å². The standard InChI is InChI=1S/C29H49NO3/c1-20-11-14-24(33-27(30)32-6)19-23(20)13-12-22-10-8-18-29(5)25(15-16-26(22)29)21(2)9-7-17-28(3,4)31/h12-13,21,24-27,31H,1,7-11,14-19,30H2,2-6H3. The van der Waals surface area contributed by atoms with Crippen LogP contribution in [-0.2, 0) is 9.47 Å². The van der Waals surface area contributed by atoms with Crippen molar-refractivity contribution in [3.63, 3.8) is 0 Å². The third-order valence-electron chi connectivity index (χ3n) is 8.90. The van der Waals surface area contributed by atoms with Gasteiger partial charge >= 0.3 is 0 Å². The van der Waals surface area contributed by atoms with Gasteiger partial charge in [-0.1, -0.05) is 56.6 Å². The molecule has 0 radical (unpaired) electrons. The Bertz CT molecular complexity index is 734. The summed E-state index contributed by atoms with van der Waals surface area (Å²) in [6.07, 6.45) is 16.8. The highest BCUT2D eigenvalue weighted by Crippen LogP contribution is 2.60. The zero-order valence-corrected chi connectivity index (χ0v) is 21.9. The van der Waals surface area contributed by atoms with Crippen molar-refractivity contribution < 1.29 is 14.6 Å². The molecule has 4 nitrogen and oxygen atoms in total. The van der Waals surface area contributed by atoms with Gasteiger partial charge in [0.1, 0.15) is 0 Å². The zero-order chi connectivity index (χ0) is 24.2. The lowest BCUT2D eigenvalue weighted by molar-refractivity contribution is -0.153. The van der Waals surface area contributed by atoms with E-state index in [9.17, 15) is 5.11 Å². The highest BCUT2D eigenvalue weighted by atomic mass is 16.7. The van der Waals surface area contributed by atoms with Crippen LogP contribution in [-0.4, -0.2) is 30.3 Å². The smallest absolute Gasteiger partial charge is 0.213 e. The fourth-order valence-corrected chi connectivity index (χ4v) is 7.01. The normalized spacial score (nSPS) is 35.1.